The number of anilines is 1. The number of para-hydroxylation sites is 1. The van der Waals surface area contributed by atoms with Crippen LogP contribution < -0.4 is 9.46 Å². The highest BCUT2D eigenvalue weighted by atomic mass is 32.2. The minimum Gasteiger partial charge on any atom is -0.487 e. The molecular formula is C25H20N6O5S2. The molecule has 5 aromatic rings. The molecule has 11 nitrogen and oxygen atoms in total. The van der Waals surface area contributed by atoms with E-state index in [0.717, 1.165) is 20.6 Å². The Bertz CT molecular complexity index is 1710. The molecule has 1 N–H and O–H groups in total. The zero-order valence-electron chi connectivity index (χ0n) is 19.7. The van der Waals surface area contributed by atoms with E-state index in [1.165, 1.54) is 24.3 Å². The third-order valence-corrected chi connectivity index (χ3v) is 7.26. The molecule has 13 heteroatoms. The number of benzene rings is 3. The Labute approximate surface area is 221 Å². The van der Waals surface area contributed by atoms with Crippen LogP contribution in [0.25, 0.3) is 16.3 Å². The molecule has 0 amide bonds. The van der Waals surface area contributed by atoms with Gasteiger partial charge in [0.2, 0.25) is 0 Å². The number of ether oxygens (including phenoxy) is 1. The zero-order valence-corrected chi connectivity index (χ0v) is 21.3. The summed E-state index contributed by atoms with van der Waals surface area (Å²) in [6, 6.07) is 20.1. The number of nitrogens with one attached hydrogen (secondary N) is 1. The first-order chi connectivity index (χ1) is 18.3. The van der Waals surface area contributed by atoms with Gasteiger partial charge in [-0.1, -0.05) is 35.5 Å². The molecule has 0 aliphatic carbocycles. The third kappa shape index (κ3) is 6.38. The van der Waals surface area contributed by atoms with Gasteiger partial charge >= 0.3 is 0 Å². The first kappa shape index (κ1) is 25.0. The topological polar surface area (TPSA) is 142 Å². The summed E-state index contributed by atoms with van der Waals surface area (Å²) in [6.45, 7) is 0.635. The normalized spacial score (nSPS) is 11.7. The summed E-state index contributed by atoms with van der Waals surface area (Å²) in [7, 11) is -3.87. The number of aromatic nitrogens is 4. The molecular weight excluding hydrogens is 528 g/mol. The van der Waals surface area contributed by atoms with Crippen molar-refractivity contribution in [3.05, 3.63) is 111 Å². The van der Waals surface area contributed by atoms with Crippen molar-refractivity contribution >= 4 is 49.0 Å². The second-order valence-electron chi connectivity index (χ2n) is 8.10. The molecule has 0 fully saturated rings. The number of non-ortho nitro benzene ring substituents is 1. The van der Waals surface area contributed by atoms with Gasteiger partial charge < -0.3 is 4.74 Å². The van der Waals surface area contributed by atoms with Crippen LogP contribution in [0.1, 0.15) is 16.3 Å². The minimum absolute atomic E-state index is 0.126. The van der Waals surface area contributed by atoms with Crippen molar-refractivity contribution in [3.63, 3.8) is 0 Å². The van der Waals surface area contributed by atoms with E-state index in [2.05, 4.69) is 20.0 Å². The van der Waals surface area contributed by atoms with Crippen molar-refractivity contribution in [2.45, 2.75) is 13.2 Å². The molecule has 2 heterocycles. The second-order valence-corrected chi connectivity index (χ2v) is 10.8. The number of fused-ring (bicyclic) bond motifs is 1. The Kier molecular flexibility index (Phi) is 7.11. The minimum atomic E-state index is -3.87. The van der Waals surface area contributed by atoms with Gasteiger partial charge in [-0.05, 0) is 35.9 Å². The summed E-state index contributed by atoms with van der Waals surface area (Å²) in [5, 5.41) is 21.0. The maximum Gasteiger partial charge on any atom is 0.270 e. The molecule has 192 valence electrons. The van der Waals surface area contributed by atoms with Gasteiger partial charge in [-0.2, -0.15) is 0 Å². The van der Waals surface area contributed by atoms with Gasteiger partial charge in [0.25, 0.3) is 15.7 Å². The first-order valence-corrected chi connectivity index (χ1v) is 13.6. The summed E-state index contributed by atoms with van der Waals surface area (Å²) < 4.78 is 36.0. The van der Waals surface area contributed by atoms with E-state index in [1.807, 2.05) is 24.3 Å². The van der Waals surface area contributed by atoms with Crippen LogP contribution in [0.4, 0.5) is 11.4 Å². The molecule has 5 rings (SSSR count). The lowest BCUT2D eigenvalue weighted by Gasteiger charge is -2.08. The van der Waals surface area contributed by atoms with Gasteiger partial charge in [-0.3, -0.25) is 14.8 Å². The maximum absolute atomic E-state index is 12.5. The number of rotatable bonds is 10. The highest BCUT2D eigenvalue weighted by Gasteiger charge is 2.10. The second kappa shape index (κ2) is 10.8. The predicted octanol–water partition coefficient (Wildman–Crippen LogP) is 4.84. The highest BCUT2D eigenvalue weighted by molar-refractivity contribution is 7.95. The number of sulfonamides is 1. The quantitative estimate of drug-likeness (QED) is 0.193. The van der Waals surface area contributed by atoms with Gasteiger partial charge in [0.15, 0.2) is 0 Å². The van der Waals surface area contributed by atoms with Gasteiger partial charge in [0.05, 0.1) is 39.0 Å². The van der Waals surface area contributed by atoms with Crippen molar-refractivity contribution in [2.75, 3.05) is 4.72 Å². The summed E-state index contributed by atoms with van der Waals surface area (Å²) in [5.41, 5.74) is 2.12. The van der Waals surface area contributed by atoms with E-state index >= 15 is 0 Å². The molecule has 0 radical (unpaired) electrons. The van der Waals surface area contributed by atoms with Crippen LogP contribution in [-0.4, -0.2) is 33.3 Å². The molecule has 0 spiro atoms. The number of hydrogen-bond acceptors (Lipinski definition) is 9. The molecule has 0 saturated heterocycles. The maximum atomic E-state index is 12.5. The third-order valence-electron chi connectivity index (χ3n) is 5.22. The van der Waals surface area contributed by atoms with Gasteiger partial charge in [0.1, 0.15) is 23.1 Å². The largest absolute Gasteiger partial charge is 0.487 e. The number of thiazole rings is 1. The van der Waals surface area contributed by atoms with E-state index < -0.39 is 14.9 Å². The lowest BCUT2D eigenvalue weighted by Crippen LogP contribution is -2.09. The fourth-order valence-electron chi connectivity index (χ4n) is 3.52. The summed E-state index contributed by atoms with van der Waals surface area (Å²) in [6.07, 6.45) is 3.06. The molecule has 0 aliphatic rings. The van der Waals surface area contributed by atoms with Crippen molar-refractivity contribution in [1.82, 2.24) is 20.0 Å². The predicted molar refractivity (Wildman–Crippen MR) is 144 cm³/mol. The monoisotopic (exact) mass is 548 g/mol. The van der Waals surface area contributed by atoms with E-state index in [0.29, 0.717) is 29.2 Å². The zero-order chi connectivity index (χ0) is 26.5. The van der Waals surface area contributed by atoms with Crippen molar-refractivity contribution in [1.29, 1.82) is 0 Å². The molecule has 3 aromatic carbocycles. The van der Waals surface area contributed by atoms with Crippen LogP contribution in [0, 0.1) is 10.1 Å². The highest BCUT2D eigenvalue weighted by Crippen LogP contribution is 2.23. The van der Waals surface area contributed by atoms with Crippen molar-refractivity contribution in [3.8, 4) is 5.75 Å². The van der Waals surface area contributed by atoms with Gasteiger partial charge in [-0.25, -0.2) is 18.1 Å². The number of nitro groups is 1. The smallest absolute Gasteiger partial charge is 0.270 e. The van der Waals surface area contributed by atoms with Crippen LogP contribution in [0.5, 0.6) is 5.75 Å². The van der Waals surface area contributed by atoms with Crippen molar-refractivity contribution < 1.29 is 18.1 Å². The lowest BCUT2D eigenvalue weighted by atomic mass is 10.2. The van der Waals surface area contributed by atoms with E-state index in [1.54, 1.807) is 52.5 Å². The molecule has 0 unspecified atom stereocenters. The average molecular weight is 549 g/mol. The number of hydrogen-bond donors (Lipinski definition) is 1. The Morgan fingerprint density at radius 2 is 1.92 bits per heavy atom. The molecule has 0 bridgehead atoms. The molecule has 0 aliphatic heterocycles. The average Bonchev–Trinajstić information content (AvgIpc) is 3.53. The Balaban J connectivity index is 1.18. The standard InChI is InChI=1S/C25H20N6O5S2/c32-31(33)21-7-3-5-18(13-21)11-12-38(34,35)28-19-6-4-8-22(14-19)36-17-20-15-30(29-27-20)16-25-26-23-9-1-2-10-24(23)37-25/h1-15,28H,16-17H2/b12-11+. The molecule has 2 aromatic heterocycles. The summed E-state index contributed by atoms with van der Waals surface area (Å²) in [4.78, 5) is 15.0. The van der Waals surface area contributed by atoms with Gasteiger partial charge in [0, 0.05) is 18.2 Å². The number of nitrogens with zero attached hydrogens (tertiary/aromatic N) is 5. The fraction of sp³-hybridized carbons (Fsp3) is 0.0800. The lowest BCUT2D eigenvalue weighted by molar-refractivity contribution is -0.384. The van der Waals surface area contributed by atoms with Crippen LogP contribution in [0.2, 0.25) is 0 Å². The van der Waals surface area contributed by atoms with E-state index in [9.17, 15) is 18.5 Å². The first-order valence-electron chi connectivity index (χ1n) is 11.2. The summed E-state index contributed by atoms with van der Waals surface area (Å²) in [5.74, 6) is 0.439. The van der Waals surface area contributed by atoms with Crippen LogP contribution in [-0.2, 0) is 23.2 Å². The van der Waals surface area contributed by atoms with E-state index in [4.69, 9.17) is 4.74 Å². The van der Waals surface area contributed by atoms with Crippen molar-refractivity contribution in [2.24, 2.45) is 0 Å². The van der Waals surface area contributed by atoms with Crippen LogP contribution in [0.3, 0.4) is 0 Å². The van der Waals surface area contributed by atoms with E-state index in [-0.39, 0.29) is 12.3 Å². The molecule has 0 saturated carbocycles. The number of nitro benzene ring substituents is 1. The van der Waals surface area contributed by atoms with Gasteiger partial charge in [-0.15, -0.1) is 16.4 Å². The fourth-order valence-corrected chi connectivity index (χ4v) is 5.34. The SMILES string of the molecule is O=[N+]([O-])c1cccc(/C=C/S(=O)(=O)Nc2cccc(OCc3cn(Cc4nc5ccccc5s4)nn3)c2)c1. The Hall–Kier alpha value is -4.62. The molecule has 0 atom stereocenters. The Morgan fingerprint density at radius 3 is 2.76 bits per heavy atom. The van der Waals surface area contributed by atoms with Crippen LogP contribution >= 0.6 is 11.3 Å². The summed E-state index contributed by atoms with van der Waals surface area (Å²) >= 11 is 1.60. The molecule has 38 heavy (non-hydrogen) atoms. The Morgan fingerprint density at radius 1 is 1.08 bits per heavy atom. The van der Waals surface area contributed by atoms with Crippen LogP contribution in [0.15, 0.2) is 84.4 Å².